The van der Waals surface area contributed by atoms with Crippen LogP contribution in [0.4, 0.5) is 26.3 Å². The van der Waals surface area contributed by atoms with Gasteiger partial charge in [0.1, 0.15) is 0 Å². The van der Waals surface area contributed by atoms with Gasteiger partial charge in [0.05, 0.1) is 16.6 Å². The second kappa shape index (κ2) is 8.07. The van der Waals surface area contributed by atoms with Gasteiger partial charge in [-0.15, -0.1) is 0 Å². The zero-order valence-corrected chi connectivity index (χ0v) is 18.2. The molecule has 0 saturated heterocycles. The normalized spacial score (nSPS) is 12.7. The summed E-state index contributed by atoms with van der Waals surface area (Å²) in [6.45, 7) is 3.66. The molecule has 4 aromatic rings. The fraction of sp³-hybridized carbons (Fsp3) is 0.240. The van der Waals surface area contributed by atoms with Crippen molar-refractivity contribution in [3.8, 4) is 0 Å². The van der Waals surface area contributed by atoms with Gasteiger partial charge in [-0.2, -0.15) is 26.3 Å². The number of alkyl halides is 6. The molecule has 2 N–H and O–H groups in total. The molecule has 0 aliphatic carbocycles. The van der Waals surface area contributed by atoms with E-state index < -0.39 is 29.4 Å². The lowest BCUT2D eigenvalue weighted by Crippen LogP contribution is -2.13. The Balaban J connectivity index is 2.02. The van der Waals surface area contributed by atoms with Crippen molar-refractivity contribution in [2.75, 3.05) is 0 Å². The summed E-state index contributed by atoms with van der Waals surface area (Å²) >= 11 is 0. The molecule has 0 bridgehead atoms. The number of hydrogen-bond acceptors (Lipinski definition) is 1. The lowest BCUT2D eigenvalue weighted by Gasteiger charge is -2.16. The topological polar surface area (TPSA) is 48.0 Å². The van der Waals surface area contributed by atoms with E-state index in [1.54, 1.807) is 22.8 Å². The Morgan fingerprint density at radius 3 is 2.03 bits per heavy atom. The van der Waals surface area contributed by atoms with Gasteiger partial charge in [0.25, 0.3) is 0 Å². The van der Waals surface area contributed by atoms with Crippen molar-refractivity contribution in [2.45, 2.75) is 38.7 Å². The maximum atomic E-state index is 13.4. The second-order valence-electron chi connectivity index (χ2n) is 8.50. The minimum absolute atomic E-state index is 0.109. The Morgan fingerprint density at radius 1 is 0.882 bits per heavy atom. The number of halogens is 6. The van der Waals surface area contributed by atoms with Gasteiger partial charge in [-0.1, -0.05) is 32.0 Å². The fourth-order valence-electron chi connectivity index (χ4n) is 4.19. The first kappa shape index (κ1) is 23.7. The molecule has 1 amide bonds. The quantitative estimate of drug-likeness (QED) is 0.313. The molecule has 9 heteroatoms. The van der Waals surface area contributed by atoms with Crippen LogP contribution < -0.4 is 5.73 Å². The molecule has 178 valence electrons. The zero-order valence-electron chi connectivity index (χ0n) is 18.2. The van der Waals surface area contributed by atoms with E-state index in [2.05, 4.69) is 0 Å². The molecule has 0 fully saturated rings. The number of carbonyl (C=O) groups is 1. The third-order valence-electron chi connectivity index (χ3n) is 5.84. The van der Waals surface area contributed by atoms with Gasteiger partial charge in [-0.3, -0.25) is 4.79 Å². The molecule has 1 heterocycles. The van der Waals surface area contributed by atoms with Crippen LogP contribution in [0.1, 0.15) is 52.4 Å². The molecule has 3 aromatic carbocycles. The van der Waals surface area contributed by atoms with Crippen LogP contribution in [0.25, 0.3) is 21.8 Å². The van der Waals surface area contributed by atoms with Crippen molar-refractivity contribution in [1.29, 1.82) is 0 Å². The van der Waals surface area contributed by atoms with E-state index in [4.69, 9.17) is 5.73 Å². The number of fused-ring (bicyclic) bond motifs is 3. The van der Waals surface area contributed by atoms with E-state index in [9.17, 15) is 31.1 Å². The number of nitrogens with two attached hydrogens (primary N) is 1. The van der Waals surface area contributed by atoms with E-state index in [0.717, 1.165) is 17.7 Å². The summed E-state index contributed by atoms with van der Waals surface area (Å²) in [4.78, 5) is 12.1. The van der Waals surface area contributed by atoms with Crippen LogP contribution in [0, 0.1) is 0 Å². The largest absolute Gasteiger partial charge is 0.416 e. The van der Waals surface area contributed by atoms with Crippen molar-refractivity contribution < 1.29 is 31.1 Å². The number of benzene rings is 3. The number of primary amides is 1. The Labute approximate surface area is 190 Å². The van der Waals surface area contributed by atoms with Crippen LogP contribution in [-0.4, -0.2) is 10.5 Å². The maximum absolute atomic E-state index is 13.4. The summed E-state index contributed by atoms with van der Waals surface area (Å²) in [7, 11) is 0. The van der Waals surface area contributed by atoms with Gasteiger partial charge in [-0.05, 0) is 53.4 Å². The average Bonchev–Trinajstić information content (AvgIpc) is 3.05. The summed E-state index contributed by atoms with van der Waals surface area (Å²) in [5.41, 5.74) is 4.85. The fourth-order valence-corrected chi connectivity index (χ4v) is 4.19. The van der Waals surface area contributed by atoms with Crippen molar-refractivity contribution in [3.63, 3.8) is 0 Å². The number of aromatic nitrogens is 1. The molecule has 1 aromatic heterocycles. The van der Waals surface area contributed by atoms with Gasteiger partial charge in [-0.25, -0.2) is 0 Å². The van der Waals surface area contributed by atoms with Gasteiger partial charge in [0.15, 0.2) is 0 Å². The van der Waals surface area contributed by atoms with E-state index in [0.29, 0.717) is 21.8 Å². The van der Waals surface area contributed by atoms with Crippen LogP contribution in [0.5, 0.6) is 0 Å². The lowest BCUT2D eigenvalue weighted by atomic mass is 10.00. The van der Waals surface area contributed by atoms with Gasteiger partial charge in [0, 0.05) is 28.4 Å². The van der Waals surface area contributed by atoms with Gasteiger partial charge >= 0.3 is 12.4 Å². The number of nitrogens with zero attached hydrogens (tertiary/aromatic N) is 1. The molecular formula is C25H20F6N2O. The first-order chi connectivity index (χ1) is 15.8. The molecule has 0 radical (unpaired) electrons. The van der Waals surface area contributed by atoms with Crippen molar-refractivity contribution in [2.24, 2.45) is 5.73 Å². The van der Waals surface area contributed by atoms with Gasteiger partial charge in [0.2, 0.25) is 5.91 Å². The van der Waals surface area contributed by atoms with Gasteiger partial charge < -0.3 is 10.3 Å². The van der Waals surface area contributed by atoms with E-state index in [1.165, 1.54) is 6.07 Å². The summed E-state index contributed by atoms with van der Waals surface area (Å²) in [5, 5.41) is 1.14. The molecular weight excluding hydrogens is 458 g/mol. The zero-order chi connectivity index (χ0) is 25.0. The summed E-state index contributed by atoms with van der Waals surface area (Å²) in [5.74, 6) is -0.562. The first-order valence-corrected chi connectivity index (χ1v) is 10.4. The van der Waals surface area contributed by atoms with Crippen LogP contribution >= 0.6 is 0 Å². The second-order valence-corrected chi connectivity index (χ2v) is 8.50. The number of hydrogen-bond donors (Lipinski definition) is 1. The molecule has 0 atom stereocenters. The van der Waals surface area contributed by atoms with E-state index >= 15 is 0 Å². The number of amides is 1. The molecule has 34 heavy (non-hydrogen) atoms. The van der Waals surface area contributed by atoms with Crippen molar-refractivity contribution >= 4 is 27.7 Å². The highest BCUT2D eigenvalue weighted by molar-refractivity contribution is 6.18. The van der Waals surface area contributed by atoms with Crippen LogP contribution in [0.2, 0.25) is 0 Å². The number of carbonyl (C=O) groups excluding carboxylic acids is 1. The Morgan fingerprint density at radius 2 is 1.50 bits per heavy atom. The Hall–Kier alpha value is -3.49. The molecule has 0 saturated carbocycles. The Kier molecular flexibility index (Phi) is 5.62. The SMILES string of the molecule is CC(C)c1ccc2c3c(C(N)=O)cccc3n(Cc3cc(C(F)(F)F)cc(C(F)(F)F)c3)c2c1. The van der Waals surface area contributed by atoms with Crippen LogP contribution in [0.3, 0.4) is 0 Å². The minimum atomic E-state index is -4.94. The van der Waals surface area contributed by atoms with E-state index in [1.807, 2.05) is 26.0 Å². The third-order valence-corrected chi connectivity index (χ3v) is 5.84. The Bertz CT molecular complexity index is 1380. The molecule has 4 rings (SSSR count). The predicted molar refractivity (Wildman–Crippen MR) is 118 cm³/mol. The lowest BCUT2D eigenvalue weighted by molar-refractivity contribution is -0.143. The highest BCUT2D eigenvalue weighted by Gasteiger charge is 2.37. The highest BCUT2D eigenvalue weighted by Crippen LogP contribution is 2.38. The highest BCUT2D eigenvalue weighted by atomic mass is 19.4. The standard InChI is InChI=1S/C25H20F6N2O/c1-13(2)15-6-7-18-21(10-15)33(20-5-3-4-19(22(18)20)23(32)34)12-14-8-16(24(26,27)28)11-17(9-14)25(29,30)31/h3-11,13H,12H2,1-2H3,(H2,32,34). The summed E-state index contributed by atoms with van der Waals surface area (Å²) in [6, 6.07) is 11.8. The van der Waals surface area contributed by atoms with Crippen molar-refractivity contribution in [3.05, 3.63) is 82.4 Å². The van der Waals surface area contributed by atoms with E-state index in [-0.39, 0.29) is 29.7 Å². The smallest absolute Gasteiger partial charge is 0.366 e. The molecule has 0 aliphatic rings. The number of rotatable bonds is 4. The van der Waals surface area contributed by atoms with Crippen LogP contribution in [-0.2, 0) is 18.9 Å². The molecule has 0 aliphatic heterocycles. The molecule has 3 nitrogen and oxygen atoms in total. The monoisotopic (exact) mass is 478 g/mol. The minimum Gasteiger partial charge on any atom is -0.366 e. The summed E-state index contributed by atoms with van der Waals surface area (Å²) < 4.78 is 81.9. The first-order valence-electron chi connectivity index (χ1n) is 10.4. The maximum Gasteiger partial charge on any atom is 0.416 e. The predicted octanol–water partition coefficient (Wildman–Crippen LogP) is 7.10. The molecule has 0 unspecified atom stereocenters. The summed E-state index contributed by atoms with van der Waals surface area (Å²) in [6.07, 6.45) is -9.89. The average molecular weight is 478 g/mol. The molecule has 0 spiro atoms. The third kappa shape index (κ3) is 4.22. The van der Waals surface area contributed by atoms with Crippen LogP contribution in [0.15, 0.2) is 54.6 Å². The van der Waals surface area contributed by atoms with Crippen molar-refractivity contribution in [1.82, 2.24) is 4.57 Å².